The highest BCUT2D eigenvalue weighted by molar-refractivity contribution is 9.09. The number of hydrogen-bond acceptors (Lipinski definition) is 3. The second-order valence-corrected chi connectivity index (χ2v) is 7.75. The molecule has 0 bridgehead atoms. The quantitative estimate of drug-likeness (QED) is 0.407. The van der Waals surface area contributed by atoms with Crippen LogP contribution in [0.25, 0.3) is 0 Å². The molecule has 1 fully saturated rings. The molecule has 0 unspecified atom stereocenters. The van der Waals surface area contributed by atoms with Gasteiger partial charge in [0, 0.05) is 16.0 Å². The Labute approximate surface area is 140 Å². The van der Waals surface area contributed by atoms with E-state index >= 15 is 0 Å². The number of rotatable bonds is 4. The fourth-order valence-corrected chi connectivity index (χ4v) is 5.38. The molecule has 1 saturated carbocycles. The summed E-state index contributed by atoms with van der Waals surface area (Å²) >= 11 is 5.75. The van der Waals surface area contributed by atoms with E-state index in [0.29, 0.717) is 18.6 Å². The number of alkyl halides is 1. The van der Waals surface area contributed by atoms with Gasteiger partial charge in [0.15, 0.2) is 11.5 Å². The fraction of sp³-hybridized carbons (Fsp3) is 0.647. The molecule has 3 rings (SSSR count). The first-order valence-electron chi connectivity index (χ1n) is 7.90. The third kappa shape index (κ3) is 3.89. The summed E-state index contributed by atoms with van der Waals surface area (Å²) in [6, 6.07) is 6.35. The third-order valence-corrected chi connectivity index (χ3v) is 7.04. The first-order chi connectivity index (χ1) is 10.3. The summed E-state index contributed by atoms with van der Waals surface area (Å²) in [4.78, 5) is 1.30. The Morgan fingerprint density at radius 3 is 2.43 bits per heavy atom. The molecule has 1 aromatic carbocycles. The topological polar surface area (TPSA) is 18.5 Å². The number of benzene rings is 1. The molecule has 0 amide bonds. The summed E-state index contributed by atoms with van der Waals surface area (Å²) in [5, 5.41) is 1.12. The number of hydrogen-bond donors (Lipinski definition) is 0. The van der Waals surface area contributed by atoms with Crippen LogP contribution in [0.1, 0.15) is 38.5 Å². The van der Waals surface area contributed by atoms with Crippen LogP contribution in [0, 0.1) is 5.41 Å². The maximum Gasteiger partial charge on any atom is 0.162 e. The minimum Gasteiger partial charge on any atom is -0.486 e. The van der Waals surface area contributed by atoms with E-state index in [1.165, 1.54) is 49.2 Å². The Bertz CT molecular complexity index is 470. The second kappa shape index (κ2) is 7.28. The van der Waals surface area contributed by atoms with Crippen LogP contribution in [-0.4, -0.2) is 24.3 Å². The minimum atomic E-state index is 0.467. The van der Waals surface area contributed by atoms with Crippen LogP contribution >= 0.6 is 27.7 Å². The van der Waals surface area contributed by atoms with E-state index < -0.39 is 0 Å². The van der Waals surface area contributed by atoms with Gasteiger partial charge in [-0.05, 0) is 36.5 Å². The maximum absolute atomic E-state index is 5.68. The molecule has 1 aliphatic carbocycles. The van der Waals surface area contributed by atoms with E-state index in [0.717, 1.165) is 16.8 Å². The normalized spacial score (nSPS) is 20.8. The summed E-state index contributed by atoms with van der Waals surface area (Å²) in [7, 11) is 0. The largest absolute Gasteiger partial charge is 0.486 e. The summed E-state index contributed by atoms with van der Waals surface area (Å²) in [5.74, 6) is 2.98. The minimum absolute atomic E-state index is 0.467. The number of thioether (sulfide) groups is 1. The fourth-order valence-electron chi connectivity index (χ4n) is 3.14. The van der Waals surface area contributed by atoms with Gasteiger partial charge in [-0.2, -0.15) is 0 Å². The zero-order valence-corrected chi connectivity index (χ0v) is 14.8. The van der Waals surface area contributed by atoms with Crippen molar-refractivity contribution in [3.05, 3.63) is 18.2 Å². The van der Waals surface area contributed by atoms with E-state index in [-0.39, 0.29) is 0 Å². The Balaban J connectivity index is 1.65. The molecule has 1 heterocycles. The van der Waals surface area contributed by atoms with E-state index in [4.69, 9.17) is 9.47 Å². The SMILES string of the molecule is BrCC1(CSc2ccc3c(c2)OCCO3)CCCCCC1. The average Bonchev–Trinajstić information content (AvgIpc) is 2.79. The van der Waals surface area contributed by atoms with Crippen molar-refractivity contribution in [2.45, 2.75) is 43.4 Å². The molecule has 2 aliphatic rings. The van der Waals surface area contributed by atoms with Crippen LogP contribution in [0.3, 0.4) is 0 Å². The number of halogens is 1. The molecule has 0 atom stereocenters. The lowest BCUT2D eigenvalue weighted by Crippen LogP contribution is -2.25. The van der Waals surface area contributed by atoms with Gasteiger partial charge in [-0.15, -0.1) is 11.8 Å². The smallest absolute Gasteiger partial charge is 0.162 e. The highest BCUT2D eigenvalue weighted by Crippen LogP contribution is 2.42. The first kappa shape index (κ1) is 15.5. The molecular formula is C17H23BrO2S. The van der Waals surface area contributed by atoms with Crippen molar-refractivity contribution in [3.8, 4) is 11.5 Å². The molecular weight excluding hydrogens is 348 g/mol. The van der Waals surface area contributed by atoms with Gasteiger partial charge in [0.25, 0.3) is 0 Å². The van der Waals surface area contributed by atoms with Crippen molar-refractivity contribution < 1.29 is 9.47 Å². The number of fused-ring (bicyclic) bond motifs is 1. The predicted octanol–water partition coefficient (Wildman–Crippen LogP) is 5.29. The Kier molecular flexibility index (Phi) is 5.38. The summed E-state index contributed by atoms with van der Waals surface area (Å²) in [6.45, 7) is 1.32. The van der Waals surface area contributed by atoms with Crippen molar-refractivity contribution in [1.82, 2.24) is 0 Å². The van der Waals surface area contributed by atoms with Gasteiger partial charge in [-0.25, -0.2) is 0 Å². The first-order valence-corrected chi connectivity index (χ1v) is 10.0. The van der Waals surface area contributed by atoms with Crippen LogP contribution in [0.2, 0.25) is 0 Å². The third-order valence-electron chi connectivity index (χ3n) is 4.51. The molecule has 1 aromatic rings. The lowest BCUT2D eigenvalue weighted by atomic mass is 9.85. The molecule has 0 spiro atoms. The maximum atomic E-state index is 5.68. The molecule has 0 N–H and O–H groups in total. The molecule has 1 aliphatic heterocycles. The molecule has 0 aromatic heterocycles. The molecule has 0 saturated heterocycles. The summed E-state index contributed by atoms with van der Waals surface area (Å²) in [6.07, 6.45) is 8.29. The molecule has 2 nitrogen and oxygen atoms in total. The van der Waals surface area contributed by atoms with E-state index in [9.17, 15) is 0 Å². The van der Waals surface area contributed by atoms with Gasteiger partial charge in [-0.3, -0.25) is 0 Å². The van der Waals surface area contributed by atoms with Crippen LogP contribution in [0.15, 0.2) is 23.1 Å². The standard InChI is InChI=1S/C17H23BrO2S/c18-12-17(7-3-1-2-4-8-17)13-21-14-5-6-15-16(11-14)20-10-9-19-15/h5-6,11H,1-4,7-10,12-13H2. The predicted molar refractivity (Wildman–Crippen MR) is 92.1 cm³/mol. The Hall–Kier alpha value is -0.350. The van der Waals surface area contributed by atoms with Gasteiger partial charge in [0.05, 0.1) is 0 Å². The van der Waals surface area contributed by atoms with Gasteiger partial charge in [0.2, 0.25) is 0 Å². The van der Waals surface area contributed by atoms with Crippen LogP contribution < -0.4 is 9.47 Å². The van der Waals surface area contributed by atoms with Crippen molar-refractivity contribution >= 4 is 27.7 Å². The Morgan fingerprint density at radius 1 is 1.00 bits per heavy atom. The molecule has 21 heavy (non-hydrogen) atoms. The summed E-state index contributed by atoms with van der Waals surface area (Å²) < 4.78 is 11.3. The molecule has 4 heteroatoms. The summed E-state index contributed by atoms with van der Waals surface area (Å²) in [5.41, 5.74) is 0.467. The zero-order valence-electron chi connectivity index (χ0n) is 12.4. The van der Waals surface area contributed by atoms with Gasteiger partial charge in [0.1, 0.15) is 13.2 Å². The van der Waals surface area contributed by atoms with E-state index in [2.05, 4.69) is 28.1 Å². The van der Waals surface area contributed by atoms with Crippen LogP contribution in [0.4, 0.5) is 0 Å². The van der Waals surface area contributed by atoms with Gasteiger partial charge >= 0.3 is 0 Å². The zero-order chi connectivity index (χ0) is 14.5. The number of ether oxygens (including phenoxy) is 2. The van der Waals surface area contributed by atoms with E-state index in [1.807, 2.05) is 17.8 Å². The highest BCUT2D eigenvalue weighted by Gasteiger charge is 2.30. The molecule has 116 valence electrons. The van der Waals surface area contributed by atoms with Crippen molar-refractivity contribution in [2.24, 2.45) is 5.41 Å². The van der Waals surface area contributed by atoms with Gasteiger partial charge in [-0.1, -0.05) is 41.6 Å². The molecule has 0 radical (unpaired) electrons. The van der Waals surface area contributed by atoms with Crippen molar-refractivity contribution in [3.63, 3.8) is 0 Å². The second-order valence-electron chi connectivity index (χ2n) is 6.14. The van der Waals surface area contributed by atoms with E-state index in [1.54, 1.807) is 0 Å². The van der Waals surface area contributed by atoms with Crippen molar-refractivity contribution in [2.75, 3.05) is 24.3 Å². The Morgan fingerprint density at radius 2 is 1.71 bits per heavy atom. The van der Waals surface area contributed by atoms with Crippen molar-refractivity contribution in [1.29, 1.82) is 0 Å². The average molecular weight is 371 g/mol. The van der Waals surface area contributed by atoms with Crippen LogP contribution in [-0.2, 0) is 0 Å². The lowest BCUT2D eigenvalue weighted by Gasteiger charge is -2.30. The van der Waals surface area contributed by atoms with Crippen LogP contribution in [0.5, 0.6) is 11.5 Å². The van der Waals surface area contributed by atoms with Gasteiger partial charge < -0.3 is 9.47 Å². The lowest BCUT2D eigenvalue weighted by molar-refractivity contribution is 0.171. The highest BCUT2D eigenvalue weighted by atomic mass is 79.9. The monoisotopic (exact) mass is 370 g/mol.